The topological polar surface area (TPSA) is 0 Å². The monoisotopic (exact) mass is 644 g/mol. The van der Waals surface area contributed by atoms with Gasteiger partial charge in [0.15, 0.2) is 0 Å². The van der Waals surface area contributed by atoms with E-state index in [1.165, 1.54) is 24.0 Å². The molecule has 0 radical (unpaired) electrons. The molecule has 2 aliphatic rings. The van der Waals surface area contributed by atoms with Crippen molar-refractivity contribution < 1.29 is 45.2 Å². The van der Waals surface area contributed by atoms with E-state index in [2.05, 4.69) is 117 Å². The molecule has 4 rings (SSSR count). The summed E-state index contributed by atoms with van der Waals surface area (Å²) in [6.45, 7) is 24.4. The minimum atomic E-state index is -2.03. The van der Waals surface area contributed by atoms with E-state index in [4.69, 9.17) is 0 Å². The van der Waals surface area contributed by atoms with Gasteiger partial charge in [0, 0.05) is 0 Å². The summed E-state index contributed by atoms with van der Waals surface area (Å²) in [4.78, 5) is 0. The molecule has 0 saturated heterocycles. The van der Waals surface area contributed by atoms with Gasteiger partial charge in [0.2, 0.25) is 0 Å². The molecule has 0 amide bonds. The van der Waals surface area contributed by atoms with E-state index in [-0.39, 0.29) is 24.8 Å². The van der Waals surface area contributed by atoms with Crippen LogP contribution < -0.4 is 24.8 Å². The first-order chi connectivity index (χ1) is 17.0. The Labute approximate surface area is 254 Å². The Balaban J connectivity index is 0.00000253. The number of benzene rings is 2. The molecule has 0 spiro atoms. The predicted octanol–water partition coefficient (Wildman–Crippen LogP) is 3.85. The number of hydrogen-bond donors (Lipinski definition) is 0. The second-order valence-corrected chi connectivity index (χ2v) is 30.9. The van der Waals surface area contributed by atoms with E-state index < -0.39 is 25.8 Å². The van der Waals surface area contributed by atoms with E-state index >= 15 is 0 Å². The van der Waals surface area contributed by atoms with Gasteiger partial charge < -0.3 is 24.8 Å². The van der Waals surface area contributed by atoms with E-state index in [0.29, 0.717) is 23.7 Å². The van der Waals surface area contributed by atoms with Crippen LogP contribution >= 0.6 is 0 Å². The second-order valence-electron chi connectivity index (χ2n) is 13.0. The summed E-state index contributed by atoms with van der Waals surface area (Å²) in [5, 5.41) is 0. The Kier molecular flexibility index (Phi) is 12.4. The quantitative estimate of drug-likeness (QED) is 0.383. The third-order valence-electron chi connectivity index (χ3n) is 8.06. The van der Waals surface area contributed by atoms with Gasteiger partial charge in [-0.15, -0.1) is 0 Å². The van der Waals surface area contributed by atoms with Crippen LogP contribution in [-0.4, -0.2) is 5.43 Å². The first kappa shape index (κ1) is 33.8. The van der Waals surface area contributed by atoms with Crippen molar-refractivity contribution in [3.8, 4) is 0 Å². The SMILES string of the molecule is CC(C)Cc1ccc2c(c1)C=C(C(C)C)[CH]2[Zr+2]([CH]1C(C(C)C)=Cc2cc(CC(C)C)ccc21)=[Si](C)C.[Cl-].[Cl-]. The molecule has 0 nitrogen and oxygen atoms in total. The van der Waals surface area contributed by atoms with Crippen molar-refractivity contribution in [3.63, 3.8) is 0 Å². The largest absolute Gasteiger partial charge is 1.00 e. The fraction of sp³-hybridized carbons (Fsp3) is 0.529. The Morgan fingerprint density at radius 3 is 1.29 bits per heavy atom. The summed E-state index contributed by atoms with van der Waals surface area (Å²) < 4.78 is 1.46. The van der Waals surface area contributed by atoms with Crippen LogP contribution in [0.3, 0.4) is 0 Å². The maximum atomic E-state index is 2.66. The summed E-state index contributed by atoms with van der Waals surface area (Å²) in [6.07, 6.45) is 7.61. The average molecular weight is 647 g/mol. The van der Waals surface area contributed by atoms with Gasteiger partial charge in [-0.1, -0.05) is 0 Å². The van der Waals surface area contributed by atoms with Gasteiger partial charge in [-0.3, -0.25) is 0 Å². The molecule has 0 aliphatic heterocycles. The van der Waals surface area contributed by atoms with Crippen LogP contribution in [0.5, 0.6) is 0 Å². The molecular weight excluding hydrogens is 599 g/mol. The van der Waals surface area contributed by atoms with Gasteiger partial charge in [-0.25, -0.2) is 0 Å². The zero-order chi connectivity index (χ0) is 26.3. The van der Waals surface area contributed by atoms with Crippen molar-refractivity contribution in [2.24, 2.45) is 23.7 Å². The molecule has 0 bridgehead atoms. The number of halogens is 2. The standard InChI is InChI=1S/2C16H21.C2H6Si.2ClH.Zr/c2*1-11(2)7-13-5-6-14-9-15(12(3)4)10-16(14)8-13;1-3-2;;;/h2*5-6,8-12H,7H2,1-4H3;1-2H3;2*1H;/q;;;;;+2/p-2. The van der Waals surface area contributed by atoms with Crippen LogP contribution in [0.1, 0.15) is 96.0 Å². The minimum absolute atomic E-state index is 0. The molecule has 2 unspecified atom stereocenters. The first-order valence-electron chi connectivity index (χ1n) is 14.3. The van der Waals surface area contributed by atoms with Crippen LogP contribution in [0.4, 0.5) is 0 Å². The second kappa shape index (κ2) is 14.0. The van der Waals surface area contributed by atoms with Crippen LogP contribution in [-0.2, 0) is 33.2 Å². The van der Waals surface area contributed by atoms with Gasteiger partial charge in [0.25, 0.3) is 0 Å². The summed E-state index contributed by atoms with van der Waals surface area (Å²) in [6, 6.07) is 15.1. The van der Waals surface area contributed by atoms with Gasteiger partial charge in [-0.05, 0) is 0 Å². The van der Waals surface area contributed by atoms with E-state index in [1.807, 2.05) is 0 Å². The zero-order valence-corrected chi connectivity index (χ0v) is 30.2. The molecule has 38 heavy (non-hydrogen) atoms. The fourth-order valence-corrected chi connectivity index (χ4v) is 27.6. The van der Waals surface area contributed by atoms with Crippen LogP contribution in [0.2, 0.25) is 13.1 Å². The Morgan fingerprint density at radius 2 is 1.00 bits per heavy atom. The summed E-state index contributed by atoms with van der Waals surface area (Å²) >= 11 is -2.03. The predicted molar refractivity (Wildman–Crippen MR) is 159 cm³/mol. The van der Waals surface area contributed by atoms with Crippen molar-refractivity contribution in [1.82, 2.24) is 0 Å². The third-order valence-corrected chi connectivity index (χ3v) is 27.4. The number of rotatable bonds is 8. The molecule has 206 valence electrons. The van der Waals surface area contributed by atoms with Crippen molar-refractivity contribution in [2.75, 3.05) is 0 Å². The molecular formula is C34H48Cl2SiZr. The molecule has 2 aliphatic carbocycles. The molecule has 0 fully saturated rings. The summed E-state index contributed by atoms with van der Waals surface area (Å²) in [7, 11) is 0. The van der Waals surface area contributed by atoms with E-state index in [1.54, 1.807) is 33.4 Å². The molecule has 4 heteroatoms. The van der Waals surface area contributed by atoms with Crippen molar-refractivity contribution in [3.05, 3.63) is 80.9 Å². The van der Waals surface area contributed by atoms with Crippen molar-refractivity contribution in [1.29, 1.82) is 0 Å². The van der Waals surface area contributed by atoms with E-state index in [0.717, 1.165) is 7.25 Å². The normalized spacial score (nSPS) is 17.5. The average Bonchev–Trinajstić information content (AvgIpc) is 3.32. The number of hydrogen-bond acceptors (Lipinski definition) is 0. The molecule has 0 saturated carbocycles. The Bertz CT molecular complexity index is 1140. The zero-order valence-electron chi connectivity index (χ0n) is 25.3. The minimum Gasteiger partial charge on any atom is -1.00 e. The van der Waals surface area contributed by atoms with E-state index in [9.17, 15) is 0 Å². The van der Waals surface area contributed by atoms with Gasteiger partial charge in [-0.2, -0.15) is 0 Å². The van der Waals surface area contributed by atoms with Crippen LogP contribution in [0.15, 0.2) is 47.5 Å². The van der Waals surface area contributed by atoms with Crippen molar-refractivity contribution >= 4 is 17.6 Å². The molecule has 2 atom stereocenters. The van der Waals surface area contributed by atoms with Gasteiger partial charge >= 0.3 is 231 Å². The number of allylic oxidation sites excluding steroid dienone is 2. The number of fused-ring (bicyclic) bond motifs is 2. The van der Waals surface area contributed by atoms with Crippen LogP contribution in [0.25, 0.3) is 12.2 Å². The Hall–Kier alpha value is -0.400. The Morgan fingerprint density at radius 1 is 0.632 bits per heavy atom. The molecule has 0 aromatic heterocycles. The molecule has 2 aromatic carbocycles. The maximum absolute atomic E-state index is 2.66. The van der Waals surface area contributed by atoms with Crippen molar-refractivity contribution in [2.45, 2.75) is 88.6 Å². The molecule has 0 N–H and O–H groups in total. The fourth-order valence-electron chi connectivity index (χ4n) is 6.54. The summed E-state index contributed by atoms with van der Waals surface area (Å²) in [5.41, 5.74) is 12.6. The summed E-state index contributed by atoms with van der Waals surface area (Å²) in [5.74, 6) is 2.65. The smallest absolute Gasteiger partial charge is 1.00 e. The molecule has 0 heterocycles. The van der Waals surface area contributed by atoms with Gasteiger partial charge in [0.05, 0.1) is 0 Å². The van der Waals surface area contributed by atoms with Gasteiger partial charge in [0.1, 0.15) is 0 Å². The first-order valence-corrected chi connectivity index (χ1v) is 23.4. The maximum Gasteiger partial charge on any atom is -1.00 e. The molecule has 2 aromatic rings. The third kappa shape index (κ3) is 7.08. The van der Waals surface area contributed by atoms with Crippen LogP contribution in [0, 0.1) is 23.7 Å².